The molecular formula is C16H23N3O4S. The largest absolute Gasteiger partial charge is 0.352 e. The summed E-state index contributed by atoms with van der Waals surface area (Å²) in [6.07, 6.45) is 2.66. The van der Waals surface area contributed by atoms with Crippen molar-refractivity contribution in [3.05, 3.63) is 29.8 Å². The van der Waals surface area contributed by atoms with Crippen molar-refractivity contribution in [2.45, 2.75) is 50.1 Å². The molecule has 0 aliphatic heterocycles. The Bertz CT molecular complexity index is 697. The van der Waals surface area contributed by atoms with Crippen LogP contribution in [-0.4, -0.2) is 38.9 Å². The molecule has 1 aliphatic carbocycles. The van der Waals surface area contributed by atoms with Gasteiger partial charge in [0.25, 0.3) is 5.91 Å². The number of carbonyl (C=O) groups is 2. The highest BCUT2D eigenvalue weighted by Gasteiger charge is 2.23. The third kappa shape index (κ3) is 5.31. The highest BCUT2D eigenvalue weighted by Crippen LogP contribution is 2.18. The molecule has 132 valence electrons. The number of amides is 2. The molecule has 1 fully saturated rings. The van der Waals surface area contributed by atoms with Crippen LogP contribution in [0.25, 0.3) is 0 Å². The maximum absolute atomic E-state index is 12.1. The normalized spacial score (nSPS) is 15.6. The van der Waals surface area contributed by atoms with Gasteiger partial charge in [0.2, 0.25) is 15.9 Å². The van der Waals surface area contributed by atoms with Crippen LogP contribution in [0.5, 0.6) is 0 Å². The second kappa shape index (κ2) is 7.76. The molecule has 1 saturated carbocycles. The number of hydrogen-bond acceptors (Lipinski definition) is 4. The summed E-state index contributed by atoms with van der Waals surface area (Å²) in [5.41, 5.74) is 0.303. The summed E-state index contributed by atoms with van der Waals surface area (Å²) in [5.74, 6) is -0.636. The molecule has 0 saturated heterocycles. The monoisotopic (exact) mass is 353 g/mol. The fourth-order valence-corrected chi connectivity index (χ4v) is 3.30. The Hall–Kier alpha value is -1.93. The molecular weight excluding hydrogens is 330 g/mol. The molecule has 0 heterocycles. The van der Waals surface area contributed by atoms with Crippen LogP contribution in [0.1, 0.15) is 43.5 Å². The van der Waals surface area contributed by atoms with Crippen molar-refractivity contribution < 1.29 is 18.0 Å². The van der Waals surface area contributed by atoms with E-state index in [0.29, 0.717) is 12.0 Å². The molecule has 0 unspecified atom stereocenters. The minimum atomic E-state index is -3.59. The Morgan fingerprint density at radius 2 is 1.83 bits per heavy atom. The van der Waals surface area contributed by atoms with Gasteiger partial charge in [-0.3, -0.25) is 9.59 Å². The SMILES string of the molecule is CC[C@@H](C)NS(=O)(=O)c1ccc(C(=O)NCC(=O)NC2CC2)cc1. The number of rotatable bonds is 8. The summed E-state index contributed by atoms with van der Waals surface area (Å²) in [6, 6.07) is 5.70. The topological polar surface area (TPSA) is 104 Å². The minimum absolute atomic E-state index is 0.0923. The Kier molecular flexibility index (Phi) is 5.95. The van der Waals surface area contributed by atoms with Crippen molar-refractivity contribution in [1.82, 2.24) is 15.4 Å². The van der Waals surface area contributed by atoms with Crippen LogP contribution in [-0.2, 0) is 14.8 Å². The second-order valence-corrected chi connectivity index (χ2v) is 7.69. The van der Waals surface area contributed by atoms with Crippen LogP contribution in [0.2, 0.25) is 0 Å². The summed E-state index contributed by atoms with van der Waals surface area (Å²) in [4.78, 5) is 23.6. The van der Waals surface area contributed by atoms with Gasteiger partial charge in [0.15, 0.2) is 0 Å². The Morgan fingerprint density at radius 1 is 1.21 bits per heavy atom. The summed E-state index contributed by atoms with van der Waals surface area (Å²) < 4.78 is 26.8. The van der Waals surface area contributed by atoms with Crippen molar-refractivity contribution >= 4 is 21.8 Å². The smallest absolute Gasteiger partial charge is 0.251 e. The first-order valence-electron chi connectivity index (χ1n) is 8.01. The number of hydrogen-bond donors (Lipinski definition) is 3. The van der Waals surface area contributed by atoms with Gasteiger partial charge in [-0.15, -0.1) is 0 Å². The molecule has 0 spiro atoms. The third-order valence-electron chi connectivity index (χ3n) is 3.75. The van der Waals surface area contributed by atoms with Gasteiger partial charge in [-0.1, -0.05) is 6.92 Å². The molecule has 7 nitrogen and oxygen atoms in total. The molecule has 24 heavy (non-hydrogen) atoms. The van der Waals surface area contributed by atoms with Crippen LogP contribution < -0.4 is 15.4 Å². The van der Waals surface area contributed by atoms with E-state index in [1.165, 1.54) is 24.3 Å². The van der Waals surface area contributed by atoms with Crippen LogP contribution >= 0.6 is 0 Å². The molecule has 8 heteroatoms. The van der Waals surface area contributed by atoms with Gasteiger partial charge in [0, 0.05) is 17.6 Å². The Balaban J connectivity index is 1.92. The van der Waals surface area contributed by atoms with E-state index in [2.05, 4.69) is 15.4 Å². The molecule has 3 N–H and O–H groups in total. The van der Waals surface area contributed by atoms with Gasteiger partial charge in [0.1, 0.15) is 0 Å². The van der Waals surface area contributed by atoms with Gasteiger partial charge >= 0.3 is 0 Å². The maximum atomic E-state index is 12.1. The highest BCUT2D eigenvalue weighted by molar-refractivity contribution is 7.89. The third-order valence-corrected chi connectivity index (χ3v) is 5.35. The van der Waals surface area contributed by atoms with Crippen molar-refractivity contribution in [3.63, 3.8) is 0 Å². The number of carbonyl (C=O) groups excluding carboxylic acids is 2. The minimum Gasteiger partial charge on any atom is -0.352 e. The zero-order valence-electron chi connectivity index (χ0n) is 13.8. The van der Waals surface area contributed by atoms with Gasteiger partial charge in [-0.05, 0) is 50.5 Å². The second-order valence-electron chi connectivity index (χ2n) is 5.98. The first kappa shape index (κ1) is 18.4. The summed E-state index contributed by atoms with van der Waals surface area (Å²) >= 11 is 0. The first-order valence-corrected chi connectivity index (χ1v) is 9.50. The van der Waals surface area contributed by atoms with Gasteiger partial charge in [0.05, 0.1) is 11.4 Å². The van der Waals surface area contributed by atoms with E-state index >= 15 is 0 Å². The van der Waals surface area contributed by atoms with E-state index in [1.54, 1.807) is 6.92 Å². The van der Waals surface area contributed by atoms with Crippen LogP contribution in [0.4, 0.5) is 0 Å². The lowest BCUT2D eigenvalue weighted by Gasteiger charge is -2.12. The van der Waals surface area contributed by atoms with E-state index < -0.39 is 15.9 Å². The summed E-state index contributed by atoms with van der Waals surface area (Å²) in [6.45, 7) is 3.58. The fraction of sp³-hybridized carbons (Fsp3) is 0.500. The van der Waals surface area contributed by atoms with Gasteiger partial charge in [-0.25, -0.2) is 13.1 Å². The number of benzene rings is 1. The average molecular weight is 353 g/mol. The van der Waals surface area contributed by atoms with Crippen molar-refractivity contribution in [2.24, 2.45) is 0 Å². The van der Waals surface area contributed by atoms with Crippen LogP contribution in [0.15, 0.2) is 29.2 Å². The van der Waals surface area contributed by atoms with E-state index in [0.717, 1.165) is 12.8 Å². The predicted octanol–water partition coefficient (Wildman–Crippen LogP) is 0.772. The quantitative estimate of drug-likeness (QED) is 0.642. The zero-order valence-corrected chi connectivity index (χ0v) is 14.7. The lowest BCUT2D eigenvalue weighted by Crippen LogP contribution is -2.37. The maximum Gasteiger partial charge on any atom is 0.251 e. The lowest BCUT2D eigenvalue weighted by molar-refractivity contribution is -0.120. The highest BCUT2D eigenvalue weighted by atomic mass is 32.2. The van der Waals surface area contributed by atoms with Crippen LogP contribution in [0, 0.1) is 0 Å². The molecule has 0 bridgehead atoms. The molecule has 2 rings (SSSR count). The number of sulfonamides is 1. The van der Waals surface area contributed by atoms with E-state index in [-0.39, 0.29) is 29.4 Å². The molecule has 1 aromatic carbocycles. The molecule has 2 amide bonds. The van der Waals surface area contributed by atoms with Crippen molar-refractivity contribution in [3.8, 4) is 0 Å². The van der Waals surface area contributed by atoms with E-state index in [9.17, 15) is 18.0 Å². The molecule has 0 aromatic heterocycles. The Morgan fingerprint density at radius 3 is 2.38 bits per heavy atom. The molecule has 1 aliphatic rings. The zero-order chi connectivity index (χ0) is 17.7. The molecule has 0 radical (unpaired) electrons. The Labute approximate surface area is 142 Å². The molecule has 1 aromatic rings. The summed E-state index contributed by atoms with van der Waals surface area (Å²) in [7, 11) is -3.59. The fourth-order valence-electron chi connectivity index (χ4n) is 1.97. The van der Waals surface area contributed by atoms with Gasteiger partial charge in [-0.2, -0.15) is 0 Å². The average Bonchev–Trinajstić information content (AvgIpc) is 3.36. The number of nitrogens with one attached hydrogen (secondary N) is 3. The van der Waals surface area contributed by atoms with Crippen LogP contribution in [0.3, 0.4) is 0 Å². The van der Waals surface area contributed by atoms with Crippen molar-refractivity contribution in [2.75, 3.05) is 6.54 Å². The van der Waals surface area contributed by atoms with Crippen molar-refractivity contribution in [1.29, 1.82) is 0 Å². The molecule has 1 atom stereocenters. The van der Waals surface area contributed by atoms with E-state index in [1.807, 2.05) is 6.92 Å². The van der Waals surface area contributed by atoms with E-state index in [4.69, 9.17) is 0 Å². The van der Waals surface area contributed by atoms with Gasteiger partial charge < -0.3 is 10.6 Å². The lowest BCUT2D eigenvalue weighted by atomic mass is 10.2. The predicted molar refractivity (Wildman–Crippen MR) is 90.0 cm³/mol. The first-order chi connectivity index (χ1) is 11.3. The summed E-state index contributed by atoms with van der Waals surface area (Å²) in [5, 5.41) is 5.29. The standard InChI is InChI=1S/C16H23N3O4S/c1-3-11(2)19-24(22,23)14-8-4-12(5-9-14)16(21)17-10-15(20)18-13-6-7-13/h4-5,8-9,11,13,19H,3,6-7,10H2,1-2H3,(H,17,21)(H,18,20)/t11-/m1/s1.